The molecule has 61 heavy (non-hydrogen) atoms. The van der Waals surface area contributed by atoms with Gasteiger partial charge < -0.3 is 15.3 Å². The lowest BCUT2D eigenvalue weighted by atomic mass is 10.0. The summed E-state index contributed by atoms with van der Waals surface area (Å²) < 4.78 is 0. The number of aryl methyl sites for hydroxylation is 12. The van der Waals surface area contributed by atoms with Crippen LogP contribution in [0, 0.1) is 83.1 Å². The zero-order chi connectivity index (χ0) is 46.6. The number of carbonyl (C=O) groups is 7. The number of carboxylic acids is 3. The Bertz CT molecular complexity index is 2000. The first kappa shape index (κ1) is 51.7. The van der Waals surface area contributed by atoms with Crippen molar-refractivity contribution >= 4 is 55.8 Å². The Kier molecular flexibility index (Phi) is 19.5. The van der Waals surface area contributed by atoms with E-state index >= 15 is 0 Å². The summed E-state index contributed by atoms with van der Waals surface area (Å²) in [6.45, 7) is 25.7. The minimum atomic E-state index is -1.81. The van der Waals surface area contributed by atoms with Crippen molar-refractivity contribution in [3.05, 3.63) is 150 Å². The predicted molar refractivity (Wildman–Crippen MR) is 246 cm³/mol. The van der Waals surface area contributed by atoms with Crippen LogP contribution in [0.3, 0.4) is 0 Å². The fraction of sp³-hybridized carbons (Fsp3) is 0.327. The molecule has 10 nitrogen and oxygen atoms in total. The van der Waals surface area contributed by atoms with E-state index in [2.05, 4.69) is 6.58 Å². The highest BCUT2D eigenvalue weighted by Crippen LogP contribution is 2.47. The van der Waals surface area contributed by atoms with Gasteiger partial charge in [0.05, 0.1) is 12.8 Å². The first-order chi connectivity index (χ1) is 28.3. The third-order valence-electron chi connectivity index (χ3n) is 9.82. The summed E-state index contributed by atoms with van der Waals surface area (Å²) in [5.41, 5.74) is 12.2. The van der Waals surface area contributed by atoms with Crippen molar-refractivity contribution in [1.82, 2.24) is 0 Å². The lowest BCUT2D eigenvalue weighted by Crippen LogP contribution is -2.15. The van der Waals surface area contributed by atoms with Crippen molar-refractivity contribution in [2.45, 2.75) is 95.9 Å². The van der Waals surface area contributed by atoms with E-state index in [4.69, 9.17) is 15.3 Å². The molecule has 0 spiro atoms. The molecule has 0 aliphatic heterocycles. The van der Waals surface area contributed by atoms with Crippen molar-refractivity contribution in [1.29, 1.82) is 0 Å². The van der Waals surface area contributed by atoms with Gasteiger partial charge in [0, 0.05) is 44.2 Å². The Morgan fingerprint density at radius 2 is 0.574 bits per heavy atom. The van der Waals surface area contributed by atoms with E-state index in [1.165, 1.54) is 0 Å². The van der Waals surface area contributed by atoms with Crippen LogP contribution in [-0.2, 0) is 14.4 Å². The zero-order valence-corrected chi connectivity index (χ0v) is 39.1. The van der Waals surface area contributed by atoms with Crippen LogP contribution in [0.2, 0.25) is 0 Å². The Hall–Kier alpha value is -5.43. The number of rotatable bonds is 15. The third kappa shape index (κ3) is 14.3. The van der Waals surface area contributed by atoms with E-state index in [0.717, 1.165) is 72.8 Å². The largest absolute Gasteiger partial charge is 0.481 e. The smallest absolute Gasteiger partial charge is 0.327 e. The van der Waals surface area contributed by atoms with Crippen LogP contribution in [0.15, 0.2) is 61.2 Å². The average Bonchev–Trinajstić information content (AvgIpc) is 3.10. The number of carboxylic acid groups (broad SMARTS) is 3. The number of hydrogen-bond acceptors (Lipinski definition) is 7. The second kappa shape index (κ2) is 23.0. The zero-order valence-electron chi connectivity index (χ0n) is 37.3. The van der Waals surface area contributed by atoms with Gasteiger partial charge in [-0.3, -0.25) is 28.8 Å². The Morgan fingerprint density at radius 1 is 0.410 bits per heavy atom. The predicted octanol–water partition coefficient (Wildman–Crippen LogP) is 11.2. The SMILES string of the molecule is C=CC(=O)O.Cc1cc(C)c(C(=O)P(CCC(=O)O)C(=O)c2c(C)cc(C)cc2C)c(C)c1.Cc1cc(C)c(C(=O)P(CCC(=O)O)C(=O)c2c(C)cc(C)cc2C)c(C)c1. The van der Waals surface area contributed by atoms with Gasteiger partial charge in [0.2, 0.25) is 0 Å². The van der Waals surface area contributed by atoms with E-state index in [9.17, 15) is 33.6 Å². The van der Waals surface area contributed by atoms with Crippen LogP contribution >= 0.6 is 15.8 Å². The van der Waals surface area contributed by atoms with Gasteiger partial charge in [-0.1, -0.05) is 77.4 Å². The standard InChI is InChI=1S/2C23H27O4P.C3H4O2/c2*1-13-9-15(3)20(16(4)10-13)22(26)28(8-7-19(24)25)23(27)21-17(5)11-14(2)12-18(21)6;1-2-3(4)5/h2*9-12H,7-8H2,1-6H3,(H,24,25);2H,1H2,(H,4,5). The minimum absolute atomic E-state index is 0.0574. The highest BCUT2D eigenvalue weighted by atomic mass is 31.1. The normalized spacial score (nSPS) is 10.6. The monoisotopic (exact) mass is 868 g/mol. The van der Waals surface area contributed by atoms with Crippen LogP contribution < -0.4 is 0 Å². The van der Waals surface area contributed by atoms with Crippen LogP contribution in [0.5, 0.6) is 0 Å². The van der Waals surface area contributed by atoms with Crippen molar-refractivity contribution in [3.8, 4) is 0 Å². The molecule has 0 unspecified atom stereocenters. The van der Waals surface area contributed by atoms with Crippen LogP contribution in [0.4, 0.5) is 0 Å². The molecule has 324 valence electrons. The maximum absolute atomic E-state index is 13.4. The summed E-state index contributed by atoms with van der Waals surface area (Å²) in [5, 5.41) is 25.9. The highest BCUT2D eigenvalue weighted by Gasteiger charge is 2.34. The van der Waals surface area contributed by atoms with E-state index in [1.54, 1.807) is 0 Å². The van der Waals surface area contributed by atoms with Gasteiger partial charge >= 0.3 is 17.9 Å². The van der Waals surface area contributed by atoms with Crippen molar-refractivity contribution in [3.63, 3.8) is 0 Å². The van der Waals surface area contributed by atoms with Crippen LogP contribution in [0.25, 0.3) is 0 Å². The molecule has 0 radical (unpaired) electrons. The fourth-order valence-corrected chi connectivity index (χ4v) is 12.1. The molecular weight excluding hydrogens is 810 g/mol. The molecule has 0 atom stereocenters. The van der Waals surface area contributed by atoms with Gasteiger partial charge in [-0.15, -0.1) is 0 Å². The minimum Gasteiger partial charge on any atom is -0.481 e. The average molecular weight is 869 g/mol. The molecule has 0 amide bonds. The fourth-order valence-electron chi connectivity index (χ4n) is 7.61. The van der Waals surface area contributed by atoms with Gasteiger partial charge in [0.15, 0.2) is 22.1 Å². The molecule has 0 heterocycles. The summed E-state index contributed by atoms with van der Waals surface area (Å²) in [7, 11) is -3.62. The number of aliphatic carboxylic acids is 3. The van der Waals surface area contributed by atoms with Gasteiger partial charge in [-0.05, 0) is 140 Å². The first-order valence-electron chi connectivity index (χ1n) is 19.6. The van der Waals surface area contributed by atoms with E-state index in [0.29, 0.717) is 22.3 Å². The molecule has 0 fully saturated rings. The topological polar surface area (TPSA) is 180 Å². The maximum atomic E-state index is 13.4. The number of hydrogen-bond donors (Lipinski definition) is 3. The number of carbonyl (C=O) groups excluding carboxylic acids is 4. The lowest BCUT2D eigenvalue weighted by molar-refractivity contribution is -0.137. The van der Waals surface area contributed by atoms with Gasteiger partial charge in [-0.2, -0.15) is 0 Å². The quantitative estimate of drug-likeness (QED) is 0.0768. The molecular formula is C49H58O10P2. The first-order valence-corrected chi connectivity index (χ1v) is 22.7. The number of benzene rings is 4. The Labute approximate surface area is 362 Å². The second-order valence-corrected chi connectivity index (χ2v) is 19.7. The summed E-state index contributed by atoms with van der Waals surface area (Å²) >= 11 is 0. The molecule has 0 aliphatic carbocycles. The molecule has 3 N–H and O–H groups in total. The van der Waals surface area contributed by atoms with Crippen molar-refractivity contribution in [2.75, 3.05) is 12.3 Å². The molecule has 4 rings (SSSR count). The summed E-state index contributed by atoms with van der Waals surface area (Å²) in [6.07, 6.45) is 0.553. The second-order valence-electron chi connectivity index (χ2n) is 15.4. The Morgan fingerprint density at radius 3 is 0.705 bits per heavy atom. The van der Waals surface area contributed by atoms with Gasteiger partial charge in [-0.25, -0.2) is 4.79 Å². The molecule has 0 bridgehead atoms. The van der Waals surface area contributed by atoms with Crippen LogP contribution in [-0.4, -0.2) is 67.6 Å². The van der Waals surface area contributed by atoms with Crippen LogP contribution in [0.1, 0.15) is 121 Å². The molecule has 0 saturated carbocycles. The summed E-state index contributed by atoms with van der Waals surface area (Å²) in [4.78, 5) is 85.3. The molecule has 0 aliphatic rings. The molecule has 4 aromatic carbocycles. The third-order valence-corrected chi connectivity index (χ3v) is 14.0. The maximum Gasteiger partial charge on any atom is 0.327 e. The van der Waals surface area contributed by atoms with Crippen molar-refractivity contribution < 1.29 is 48.9 Å². The van der Waals surface area contributed by atoms with Crippen molar-refractivity contribution in [2.24, 2.45) is 0 Å². The van der Waals surface area contributed by atoms with Gasteiger partial charge in [0.1, 0.15) is 0 Å². The van der Waals surface area contributed by atoms with E-state index < -0.39 is 33.8 Å². The van der Waals surface area contributed by atoms with E-state index in [1.807, 2.05) is 132 Å². The molecule has 0 aromatic heterocycles. The highest BCUT2D eigenvalue weighted by molar-refractivity contribution is 7.90. The molecule has 12 heteroatoms. The summed E-state index contributed by atoms with van der Waals surface area (Å²) in [6, 6.07) is 15.4. The van der Waals surface area contributed by atoms with Gasteiger partial charge in [0.25, 0.3) is 0 Å². The Balaban J connectivity index is 0.000000378. The summed E-state index contributed by atoms with van der Waals surface area (Å²) in [5.74, 6) is -2.98. The van der Waals surface area contributed by atoms with E-state index in [-0.39, 0.29) is 47.3 Å². The molecule has 0 saturated heterocycles. The molecule has 4 aromatic rings. The lowest BCUT2D eigenvalue weighted by Gasteiger charge is -2.20.